The third-order valence-corrected chi connectivity index (χ3v) is 3.78. The molecule has 2 rings (SSSR count). The van der Waals surface area contributed by atoms with E-state index < -0.39 is 0 Å². The van der Waals surface area contributed by atoms with Crippen LogP contribution in [-0.4, -0.2) is 23.3 Å². The maximum absolute atomic E-state index is 5.86. The van der Waals surface area contributed by atoms with Crippen LogP contribution < -0.4 is 5.32 Å². The van der Waals surface area contributed by atoms with Crippen molar-refractivity contribution in [3.05, 3.63) is 44.9 Å². The Labute approximate surface area is 116 Å². The van der Waals surface area contributed by atoms with Crippen molar-refractivity contribution < 1.29 is 0 Å². The molecule has 0 fully saturated rings. The third-order valence-electron chi connectivity index (χ3n) is 2.54. The van der Waals surface area contributed by atoms with E-state index in [4.69, 9.17) is 11.6 Å². The summed E-state index contributed by atoms with van der Waals surface area (Å²) in [6.07, 6.45) is 1.78. The van der Waals surface area contributed by atoms with Gasteiger partial charge in [-0.3, -0.25) is 0 Å². The maximum Gasteiger partial charge on any atom is 0.121 e. The molecule has 1 aromatic heterocycles. The van der Waals surface area contributed by atoms with Crippen molar-refractivity contribution in [2.45, 2.75) is 19.8 Å². The van der Waals surface area contributed by atoms with E-state index in [0.717, 1.165) is 41.0 Å². The van der Waals surface area contributed by atoms with Crippen molar-refractivity contribution in [1.82, 2.24) is 15.5 Å². The molecule has 0 aliphatic carbocycles. The molecule has 18 heavy (non-hydrogen) atoms. The Hall–Kier alpha value is -0.970. The molecule has 96 valence electrons. The van der Waals surface area contributed by atoms with Crippen LogP contribution in [0.3, 0.4) is 0 Å². The number of hydrogen-bond acceptors (Lipinski definition) is 4. The Balaban J connectivity index is 1.91. The summed E-state index contributed by atoms with van der Waals surface area (Å²) < 4.78 is 0. The number of aromatic nitrogens is 2. The van der Waals surface area contributed by atoms with Gasteiger partial charge in [0.25, 0.3) is 0 Å². The van der Waals surface area contributed by atoms with Crippen molar-refractivity contribution in [2.24, 2.45) is 0 Å². The lowest BCUT2D eigenvalue weighted by Crippen LogP contribution is -2.15. The van der Waals surface area contributed by atoms with Gasteiger partial charge in [-0.05, 0) is 24.2 Å². The van der Waals surface area contributed by atoms with Crippen LogP contribution in [-0.2, 0) is 12.8 Å². The Morgan fingerprint density at radius 2 is 1.89 bits per heavy atom. The van der Waals surface area contributed by atoms with E-state index in [0.29, 0.717) is 0 Å². The molecule has 1 aromatic carbocycles. The lowest BCUT2D eigenvalue weighted by atomic mass is 10.2. The minimum Gasteiger partial charge on any atom is -0.317 e. The predicted molar refractivity (Wildman–Crippen MR) is 76.4 cm³/mol. The first-order valence-electron chi connectivity index (χ1n) is 6.04. The van der Waals surface area contributed by atoms with Crippen LogP contribution in [0.15, 0.2) is 24.3 Å². The van der Waals surface area contributed by atoms with Crippen LogP contribution in [0.4, 0.5) is 0 Å². The lowest BCUT2D eigenvalue weighted by Gasteiger charge is -1.97. The summed E-state index contributed by atoms with van der Waals surface area (Å²) in [7, 11) is 0. The lowest BCUT2D eigenvalue weighted by molar-refractivity contribution is 0.710. The summed E-state index contributed by atoms with van der Waals surface area (Å²) in [6.45, 7) is 4.06. The highest BCUT2D eigenvalue weighted by Crippen LogP contribution is 2.16. The van der Waals surface area contributed by atoms with Crippen LogP contribution in [0.5, 0.6) is 0 Å². The van der Waals surface area contributed by atoms with Crippen molar-refractivity contribution >= 4 is 22.9 Å². The fraction of sp³-hybridized carbons (Fsp3) is 0.385. The second-order valence-electron chi connectivity index (χ2n) is 4.00. The number of benzene rings is 1. The molecule has 1 N–H and O–H groups in total. The number of rotatable bonds is 6. The minimum atomic E-state index is 0.766. The molecule has 0 aliphatic rings. The summed E-state index contributed by atoms with van der Waals surface area (Å²) in [5.74, 6) is 0. The number of hydrogen-bond donors (Lipinski definition) is 1. The molecular formula is C13H16ClN3S. The second-order valence-corrected chi connectivity index (χ2v) is 5.58. The van der Waals surface area contributed by atoms with E-state index in [1.807, 2.05) is 24.3 Å². The molecule has 0 atom stereocenters. The zero-order valence-corrected chi connectivity index (χ0v) is 11.9. The zero-order chi connectivity index (χ0) is 12.8. The highest BCUT2D eigenvalue weighted by Gasteiger charge is 2.05. The third kappa shape index (κ3) is 4.05. The van der Waals surface area contributed by atoms with Crippen LogP contribution in [0.2, 0.25) is 5.02 Å². The van der Waals surface area contributed by atoms with Gasteiger partial charge in [0.1, 0.15) is 10.0 Å². The molecule has 0 unspecified atom stereocenters. The van der Waals surface area contributed by atoms with E-state index in [9.17, 15) is 0 Å². The van der Waals surface area contributed by atoms with Gasteiger partial charge < -0.3 is 5.32 Å². The fourth-order valence-electron chi connectivity index (χ4n) is 1.61. The van der Waals surface area contributed by atoms with Crippen molar-refractivity contribution in [2.75, 3.05) is 13.1 Å². The molecule has 5 heteroatoms. The van der Waals surface area contributed by atoms with Gasteiger partial charge in [0.2, 0.25) is 0 Å². The normalized spacial score (nSPS) is 10.8. The van der Waals surface area contributed by atoms with Gasteiger partial charge in [0, 0.05) is 24.4 Å². The predicted octanol–water partition coefficient (Wildman–Crippen LogP) is 2.93. The first-order chi connectivity index (χ1) is 8.78. The number of nitrogens with zero attached hydrogens (tertiary/aromatic N) is 2. The summed E-state index contributed by atoms with van der Waals surface area (Å²) in [4.78, 5) is 0. The molecule has 2 aromatic rings. The summed E-state index contributed by atoms with van der Waals surface area (Å²) >= 11 is 7.54. The Kier molecular flexibility index (Phi) is 5.11. The molecule has 0 spiro atoms. The van der Waals surface area contributed by atoms with E-state index in [2.05, 4.69) is 22.4 Å². The standard InChI is InChI=1S/C13H16ClN3S/c1-2-15-8-7-12-16-17-13(18-12)9-10-3-5-11(14)6-4-10/h3-6,15H,2,7-9H2,1H3. The van der Waals surface area contributed by atoms with E-state index in [1.165, 1.54) is 5.56 Å². The molecular weight excluding hydrogens is 266 g/mol. The van der Waals surface area contributed by atoms with Gasteiger partial charge in [-0.1, -0.05) is 30.7 Å². The maximum atomic E-state index is 5.86. The monoisotopic (exact) mass is 281 g/mol. The first-order valence-corrected chi connectivity index (χ1v) is 7.24. The summed E-state index contributed by atoms with van der Waals surface area (Å²) in [5, 5.41) is 14.6. The van der Waals surface area contributed by atoms with Gasteiger partial charge in [0.05, 0.1) is 0 Å². The van der Waals surface area contributed by atoms with E-state index >= 15 is 0 Å². The highest BCUT2D eigenvalue weighted by molar-refractivity contribution is 7.11. The molecule has 0 saturated heterocycles. The summed E-state index contributed by atoms with van der Waals surface area (Å²) in [6, 6.07) is 7.87. The Morgan fingerprint density at radius 1 is 1.17 bits per heavy atom. The van der Waals surface area contributed by atoms with Gasteiger partial charge in [0.15, 0.2) is 0 Å². The first kappa shape index (κ1) is 13.5. The number of likely N-dealkylation sites (N-methyl/N-ethyl adjacent to an activating group) is 1. The molecule has 3 nitrogen and oxygen atoms in total. The van der Waals surface area contributed by atoms with Crippen molar-refractivity contribution in [3.63, 3.8) is 0 Å². The molecule has 0 amide bonds. The summed E-state index contributed by atoms with van der Waals surface area (Å²) in [5.41, 5.74) is 1.22. The Bertz CT molecular complexity index is 481. The van der Waals surface area contributed by atoms with Crippen LogP contribution in [0.25, 0.3) is 0 Å². The Morgan fingerprint density at radius 3 is 2.61 bits per heavy atom. The molecule has 0 radical (unpaired) electrons. The smallest absolute Gasteiger partial charge is 0.121 e. The van der Waals surface area contributed by atoms with Crippen molar-refractivity contribution in [1.29, 1.82) is 0 Å². The van der Waals surface area contributed by atoms with Crippen LogP contribution in [0, 0.1) is 0 Å². The molecule has 0 saturated carbocycles. The fourth-order valence-corrected chi connectivity index (χ4v) is 2.61. The molecule has 1 heterocycles. The van der Waals surface area contributed by atoms with E-state index in [-0.39, 0.29) is 0 Å². The number of nitrogens with one attached hydrogen (secondary N) is 1. The van der Waals surface area contributed by atoms with Crippen LogP contribution in [0.1, 0.15) is 22.5 Å². The SMILES string of the molecule is CCNCCc1nnc(Cc2ccc(Cl)cc2)s1. The van der Waals surface area contributed by atoms with Gasteiger partial charge in [-0.15, -0.1) is 21.5 Å². The average Bonchev–Trinajstić information content (AvgIpc) is 2.80. The van der Waals surface area contributed by atoms with Crippen LogP contribution >= 0.6 is 22.9 Å². The van der Waals surface area contributed by atoms with Gasteiger partial charge in [-0.25, -0.2) is 0 Å². The number of halogens is 1. The quantitative estimate of drug-likeness (QED) is 0.828. The highest BCUT2D eigenvalue weighted by atomic mass is 35.5. The van der Waals surface area contributed by atoms with Gasteiger partial charge >= 0.3 is 0 Å². The topological polar surface area (TPSA) is 37.8 Å². The second kappa shape index (κ2) is 6.83. The van der Waals surface area contributed by atoms with E-state index in [1.54, 1.807) is 11.3 Å². The van der Waals surface area contributed by atoms with Gasteiger partial charge in [-0.2, -0.15) is 0 Å². The average molecular weight is 282 g/mol. The zero-order valence-electron chi connectivity index (χ0n) is 10.3. The molecule has 0 aliphatic heterocycles. The minimum absolute atomic E-state index is 0.766. The molecule has 0 bridgehead atoms. The van der Waals surface area contributed by atoms with Crippen molar-refractivity contribution in [3.8, 4) is 0 Å². The largest absolute Gasteiger partial charge is 0.317 e.